The predicted molar refractivity (Wildman–Crippen MR) is 66.0 cm³/mol. The van der Waals surface area contributed by atoms with Crippen LogP contribution in [0.15, 0.2) is 12.2 Å². The maximum atomic E-state index is 9.89. The molecule has 1 nitrogen and oxygen atoms in total. The summed E-state index contributed by atoms with van der Waals surface area (Å²) in [5.74, 6) is 3.01. The van der Waals surface area contributed by atoms with E-state index in [1.165, 1.54) is 19.3 Å². The number of aliphatic hydroxyl groups is 1. The van der Waals surface area contributed by atoms with E-state index in [2.05, 4.69) is 20.4 Å². The van der Waals surface area contributed by atoms with Crippen molar-refractivity contribution in [1.82, 2.24) is 0 Å². The molecule has 4 rings (SSSR count). The summed E-state index contributed by atoms with van der Waals surface area (Å²) in [7, 11) is 0. The monoisotopic (exact) mass is 220 g/mol. The molecule has 4 fully saturated rings. The fraction of sp³-hybridized carbons (Fsp3) is 0.867. The Kier molecular flexibility index (Phi) is 1.98. The molecule has 0 saturated heterocycles. The van der Waals surface area contributed by atoms with E-state index in [1.54, 1.807) is 0 Å². The molecule has 4 aliphatic rings. The van der Waals surface area contributed by atoms with Gasteiger partial charge in [-0.25, -0.2) is 0 Å². The van der Waals surface area contributed by atoms with Gasteiger partial charge in [0, 0.05) is 0 Å². The Morgan fingerprint density at radius 1 is 1.38 bits per heavy atom. The van der Waals surface area contributed by atoms with Gasteiger partial charge in [0.05, 0.1) is 6.10 Å². The zero-order valence-electron chi connectivity index (χ0n) is 10.8. The Labute approximate surface area is 98.9 Å². The van der Waals surface area contributed by atoms with Crippen LogP contribution in [-0.2, 0) is 0 Å². The first-order valence-electron chi connectivity index (χ1n) is 6.74. The van der Waals surface area contributed by atoms with Gasteiger partial charge in [0.15, 0.2) is 0 Å². The van der Waals surface area contributed by atoms with Crippen LogP contribution in [0.5, 0.6) is 0 Å². The van der Waals surface area contributed by atoms with Crippen molar-refractivity contribution in [1.29, 1.82) is 0 Å². The lowest BCUT2D eigenvalue weighted by Crippen LogP contribution is -2.28. The zero-order chi connectivity index (χ0) is 11.7. The molecule has 16 heavy (non-hydrogen) atoms. The quantitative estimate of drug-likeness (QED) is 0.720. The second kappa shape index (κ2) is 2.93. The van der Waals surface area contributed by atoms with Gasteiger partial charge in [0.2, 0.25) is 0 Å². The third kappa shape index (κ3) is 1.01. The first kappa shape index (κ1) is 10.8. The third-order valence-electron chi connectivity index (χ3n) is 6.63. The van der Waals surface area contributed by atoms with Crippen molar-refractivity contribution in [3.8, 4) is 0 Å². The van der Waals surface area contributed by atoms with Crippen LogP contribution < -0.4 is 0 Å². The van der Waals surface area contributed by atoms with Gasteiger partial charge < -0.3 is 5.11 Å². The molecule has 4 aliphatic carbocycles. The number of hydrogen-bond acceptors (Lipinski definition) is 1. The van der Waals surface area contributed by atoms with E-state index in [1.807, 2.05) is 6.92 Å². The summed E-state index contributed by atoms with van der Waals surface area (Å²) in [6.07, 6.45) is 4.77. The molecule has 0 spiro atoms. The average Bonchev–Trinajstić information content (AvgIpc) is 2.58. The van der Waals surface area contributed by atoms with E-state index >= 15 is 0 Å². The van der Waals surface area contributed by atoms with E-state index in [-0.39, 0.29) is 6.10 Å². The molecule has 4 saturated carbocycles. The van der Waals surface area contributed by atoms with E-state index in [4.69, 9.17) is 0 Å². The Balaban J connectivity index is 1.70. The van der Waals surface area contributed by atoms with Crippen LogP contribution in [0.4, 0.5) is 0 Å². The Hall–Kier alpha value is -0.300. The minimum Gasteiger partial charge on any atom is -0.389 e. The van der Waals surface area contributed by atoms with Crippen molar-refractivity contribution >= 4 is 0 Å². The van der Waals surface area contributed by atoms with Crippen molar-refractivity contribution in [2.24, 2.45) is 28.6 Å². The van der Waals surface area contributed by atoms with E-state index < -0.39 is 0 Å². The summed E-state index contributed by atoms with van der Waals surface area (Å²) in [5.41, 5.74) is 2.07. The number of aliphatic hydroxyl groups excluding tert-OH is 1. The first-order valence-corrected chi connectivity index (χ1v) is 6.74. The summed E-state index contributed by atoms with van der Waals surface area (Å²) < 4.78 is 0. The smallest absolute Gasteiger partial charge is 0.0745 e. The minimum absolute atomic E-state index is 0.282. The van der Waals surface area contributed by atoms with Crippen LogP contribution >= 0.6 is 0 Å². The van der Waals surface area contributed by atoms with Crippen LogP contribution in [0.3, 0.4) is 0 Å². The van der Waals surface area contributed by atoms with E-state index in [0.717, 1.165) is 29.7 Å². The maximum Gasteiger partial charge on any atom is 0.0745 e. The molecule has 3 unspecified atom stereocenters. The summed E-state index contributed by atoms with van der Waals surface area (Å²) in [5, 5.41) is 9.89. The summed E-state index contributed by atoms with van der Waals surface area (Å²) >= 11 is 0. The molecule has 0 aromatic carbocycles. The normalized spacial score (nSPS) is 54.1. The molecule has 0 aromatic rings. The molecule has 0 aliphatic heterocycles. The topological polar surface area (TPSA) is 20.2 Å². The highest BCUT2D eigenvalue weighted by atomic mass is 16.3. The third-order valence-corrected chi connectivity index (χ3v) is 6.63. The summed E-state index contributed by atoms with van der Waals surface area (Å²) in [6.45, 7) is 10.8. The molecular weight excluding hydrogens is 196 g/mol. The van der Waals surface area contributed by atoms with Gasteiger partial charge in [-0.2, -0.15) is 0 Å². The zero-order valence-corrected chi connectivity index (χ0v) is 10.8. The van der Waals surface area contributed by atoms with Crippen LogP contribution in [0.2, 0.25) is 0 Å². The van der Waals surface area contributed by atoms with Crippen molar-refractivity contribution in [2.45, 2.75) is 52.6 Å². The molecule has 0 aromatic heterocycles. The molecule has 0 heterocycles. The SMILES string of the molecule is C=C(C)[C@H](O)CCC1(C)C2CC3C(C2)C31C. The Morgan fingerprint density at radius 2 is 1.94 bits per heavy atom. The summed E-state index contributed by atoms with van der Waals surface area (Å²) in [6, 6.07) is 0. The highest BCUT2D eigenvalue weighted by molar-refractivity contribution is 5.28. The second-order valence-corrected chi connectivity index (χ2v) is 6.98. The highest BCUT2D eigenvalue weighted by Gasteiger charge is 2.80. The summed E-state index contributed by atoms with van der Waals surface area (Å²) in [4.78, 5) is 0. The fourth-order valence-corrected chi connectivity index (χ4v) is 5.19. The lowest BCUT2D eigenvalue weighted by Gasteiger charge is -2.35. The first-order chi connectivity index (χ1) is 7.41. The molecular formula is C15H24O. The molecule has 0 radical (unpaired) electrons. The lowest BCUT2D eigenvalue weighted by atomic mass is 9.70. The van der Waals surface area contributed by atoms with Gasteiger partial charge in [-0.1, -0.05) is 26.0 Å². The highest BCUT2D eigenvalue weighted by Crippen LogP contribution is 2.87. The predicted octanol–water partition coefficient (Wildman–Crippen LogP) is 3.39. The van der Waals surface area contributed by atoms with Crippen molar-refractivity contribution in [3.05, 3.63) is 12.2 Å². The molecule has 90 valence electrons. The van der Waals surface area contributed by atoms with Crippen molar-refractivity contribution < 1.29 is 5.11 Å². The second-order valence-electron chi connectivity index (χ2n) is 6.98. The molecule has 1 N–H and O–H groups in total. The maximum absolute atomic E-state index is 9.89. The van der Waals surface area contributed by atoms with Gasteiger partial charge in [-0.15, -0.1) is 0 Å². The standard InChI is InChI=1S/C15H24O/c1-9(2)13(16)5-6-14(3)10-7-11-12(8-10)15(11,14)4/h10-13,16H,1,5-8H2,2-4H3/t10?,11?,12?,13-,14?,15?/m1/s1. The van der Waals surface area contributed by atoms with Crippen LogP contribution in [0, 0.1) is 28.6 Å². The van der Waals surface area contributed by atoms with Crippen molar-refractivity contribution in [3.63, 3.8) is 0 Å². The van der Waals surface area contributed by atoms with Crippen molar-refractivity contribution in [2.75, 3.05) is 0 Å². The van der Waals surface area contributed by atoms with Gasteiger partial charge in [-0.05, 0) is 61.2 Å². The van der Waals surface area contributed by atoms with Gasteiger partial charge in [0.25, 0.3) is 0 Å². The molecule has 1 heteroatoms. The van der Waals surface area contributed by atoms with Crippen LogP contribution in [0.1, 0.15) is 46.5 Å². The van der Waals surface area contributed by atoms with E-state index in [9.17, 15) is 5.11 Å². The molecule has 4 bridgehead atoms. The lowest BCUT2D eigenvalue weighted by molar-refractivity contribution is 0.112. The Morgan fingerprint density at radius 3 is 2.31 bits per heavy atom. The Bertz CT molecular complexity index is 333. The van der Waals surface area contributed by atoms with Crippen LogP contribution in [0.25, 0.3) is 0 Å². The number of hydrogen-bond donors (Lipinski definition) is 1. The van der Waals surface area contributed by atoms with Gasteiger partial charge >= 0.3 is 0 Å². The largest absolute Gasteiger partial charge is 0.389 e. The molecule has 0 amide bonds. The molecule has 4 atom stereocenters. The number of rotatable bonds is 4. The minimum atomic E-state index is -0.282. The van der Waals surface area contributed by atoms with Gasteiger partial charge in [-0.3, -0.25) is 0 Å². The van der Waals surface area contributed by atoms with Crippen LogP contribution in [-0.4, -0.2) is 11.2 Å². The fourth-order valence-electron chi connectivity index (χ4n) is 5.19. The van der Waals surface area contributed by atoms with Gasteiger partial charge in [0.1, 0.15) is 0 Å². The average molecular weight is 220 g/mol. The van der Waals surface area contributed by atoms with E-state index in [0.29, 0.717) is 10.8 Å².